The molecule has 0 atom stereocenters. The van der Waals surface area contributed by atoms with Crippen LogP contribution in [0.5, 0.6) is 0 Å². The Hall–Kier alpha value is -1.01. The smallest absolute Gasteiger partial charge is 0.264 e. The average Bonchev–Trinajstić information content (AvgIpc) is 2.93. The second-order valence-electron chi connectivity index (χ2n) is 4.44. The fourth-order valence-corrected chi connectivity index (χ4v) is 4.23. The topological polar surface area (TPSA) is 38.1 Å². The van der Waals surface area contributed by atoms with Crippen molar-refractivity contribution in [3.05, 3.63) is 16.6 Å². The number of hydrogen-bond acceptors (Lipinski definition) is 4. The van der Waals surface area contributed by atoms with Gasteiger partial charge in [0.05, 0.1) is 10.6 Å². The van der Waals surface area contributed by atoms with E-state index in [4.69, 9.17) is 0 Å². The third-order valence-corrected chi connectivity index (χ3v) is 5.34. The molecule has 0 bridgehead atoms. The summed E-state index contributed by atoms with van der Waals surface area (Å²) in [5.41, 5.74) is 0.997. The van der Waals surface area contributed by atoms with Gasteiger partial charge in [-0.2, -0.15) is 16.9 Å². The highest BCUT2D eigenvalue weighted by Crippen LogP contribution is 2.28. The predicted molar refractivity (Wildman–Crippen MR) is 76.6 cm³/mol. The van der Waals surface area contributed by atoms with Gasteiger partial charge < -0.3 is 4.90 Å². The number of hydrogen-bond donors (Lipinski definition) is 0. The van der Waals surface area contributed by atoms with E-state index < -0.39 is 0 Å². The molecule has 1 saturated heterocycles. The van der Waals surface area contributed by atoms with Crippen molar-refractivity contribution >= 4 is 39.2 Å². The maximum atomic E-state index is 12.4. The van der Waals surface area contributed by atoms with Crippen LogP contribution < -0.4 is 0 Å². The van der Waals surface area contributed by atoms with Crippen molar-refractivity contribution in [2.45, 2.75) is 6.92 Å². The zero-order valence-corrected chi connectivity index (χ0v) is 12.1. The summed E-state index contributed by atoms with van der Waals surface area (Å²) >= 11 is 3.47. The molecule has 1 fully saturated rings. The molecule has 0 unspecified atom stereocenters. The molecule has 0 saturated carbocycles. The van der Waals surface area contributed by atoms with E-state index in [1.807, 2.05) is 41.4 Å². The molecule has 0 spiro atoms. The first-order chi connectivity index (χ1) is 8.66. The molecule has 3 rings (SSSR count). The Morgan fingerprint density at radius 3 is 2.78 bits per heavy atom. The third-order valence-electron chi connectivity index (χ3n) is 3.21. The van der Waals surface area contributed by atoms with Gasteiger partial charge in [0.25, 0.3) is 5.91 Å². The molecular weight excluding hydrogens is 266 g/mol. The zero-order valence-electron chi connectivity index (χ0n) is 10.5. The van der Waals surface area contributed by atoms with Gasteiger partial charge >= 0.3 is 0 Å². The number of thiophene rings is 1. The standard InChI is InChI=1S/C12H15N3OS2/c1-8-9-7-10(18-12(9)14(2)13-8)11(16)15-3-5-17-6-4-15/h7H,3-6H2,1-2H3. The maximum Gasteiger partial charge on any atom is 0.264 e. The fraction of sp³-hybridized carbons (Fsp3) is 0.500. The maximum absolute atomic E-state index is 12.4. The minimum Gasteiger partial charge on any atom is -0.336 e. The highest BCUT2D eigenvalue weighted by Gasteiger charge is 2.21. The van der Waals surface area contributed by atoms with E-state index >= 15 is 0 Å². The van der Waals surface area contributed by atoms with Crippen LogP contribution in [0.3, 0.4) is 0 Å². The molecule has 0 N–H and O–H groups in total. The number of aromatic nitrogens is 2. The molecule has 4 nitrogen and oxygen atoms in total. The number of carbonyl (C=O) groups is 1. The number of carbonyl (C=O) groups excluding carboxylic acids is 1. The van der Waals surface area contributed by atoms with Crippen molar-refractivity contribution in [3.63, 3.8) is 0 Å². The van der Waals surface area contributed by atoms with Gasteiger partial charge in [0.15, 0.2) is 0 Å². The molecule has 18 heavy (non-hydrogen) atoms. The highest BCUT2D eigenvalue weighted by atomic mass is 32.2. The summed E-state index contributed by atoms with van der Waals surface area (Å²) in [5.74, 6) is 2.28. The van der Waals surface area contributed by atoms with Gasteiger partial charge in [-0.1, -0.05) is 0 Å². The fourth-order valence-electron chi connectivity index (χ4n) is 2.23. The van der Waals surface area contributed by atoms with Crippen LogP contribution >= 0.6 is 23.1 Å². The molecule has 1 amide bonds. The molecule has 2 aromatic rings. The van der Waals surface area contributed by atoms with Gasteiger partial charge in [-0.15, -0.1) is 11.3 Å². The lowest BCUT2D eigenvalue weighted by atomic mass is 10.3. The number of rotatable bonds is 1. The van der Waals surface area contributed by atoms with Crippen LogP contribution in [0, 0.1) is 6.92 Å². The van der Waals surface area contributed by atoms with Crippen LogP contribution in [0.25, 0.3) is 10.2 Å². The zero-order chi connectivity index (χ0) is 12.7. The van der Waals surface area contributed by atoms with Crippen molar-refractivity contribution in [2.75, 3.05) is 24.6 Å². The van der Waals surface area contributed by atoms with Crippen LogP contribution in [0.15, 0.2) is 6.07 Å². The number of nitrogens with zero attached hydrogens (tertiary/aromatic N) is 3. The predicted octanol–water partition coefficient (Wildman–Crippen LogP) is 2.13. The summed E-state index contributed by atoms with van der Waals surface area (Å²) in [5, 5.41) is 5.47. The van der Waals surface area contributed by atoms with Crippen LogP contribution in [0.1, 0.15) is 15.4 Å². The molecule has 2 aromatic heterocycles. The minimum atomic E-state index is 0.177. The van der Waals surface area contributed by atoms with Crippen molar-refractivity contribution < 1.29 is 4.79 Å². The van der Waals surface area contributed by atoms with Crippen LogP contribution in [0.2, 0.25) is 0 Å². The lowest BCUT2D eigenvalue weighted by molar-refractivity contribution is 0.0777. The Labute approximate surface area is 114 Å². The van der Waals surface area contributed by atoms with Gasteiger partial charge in [0.1, 0.15) is 4.83 Å². The van der Waals surface area contributed by atoms with Crippen molar-refractivity contribution in [2.24, 2.45) is 7.05 Å². The molecule has 0 radical (unpaired) electrons. The molecule has 1 aliphatic rings. The first-order valence-electron chi connectivity index (χ1n) is 5.97. The number of thioether (sulfide) groups is 1. The van der Waals surface area contributed by atoms with Gasteiger partial charge in [-0.25, -0.2) is 0 Å². The first-order valence-corrected chi connectivity index (χ1v) is 7.94. The van der Waals surface area contributed by atoms with E-state index in [-0.39, 0.29) is 5.91 Å². The average molecular weight is 281 g/mol. The van der Waals surface area contributed by atoms with Gasteiger partial charge in [-0.3, -0.25) is 9.48 Å². The molecule has 1 aliphatic heterocycles. The van der Waals surface area contributed by atoms with E-state index in [2.05, 4.69) is 5.10 Å². The highest BCUT2D eigenvalue weighted by molar-refractivity contribution is 7.99. The molecule has 0 aliphatic carbocycles. The van der Waals surface area contributed by atoms with E-state index in [1.54, 1.807) is 11.3 Å². The second-order valence-corrected chi connectivity index (χ2v) is 6.70. The van der Waals surface area contributed by atoms with E-state index in [0.717, 1.165) is 45.4 Å². The molecule has 0 aromatic carbocycles. The summed E-state index contributed by atoms with van der Waals surface area (Å²) in [4.78, 5) is 16.3. The Bertz CT molecular complexity index is 561. The lowest BCUT2D eigenvalue weighted by Crippen LogP contribution is -2.37. The molecule has 6 heteroatoms. The summed E-state index contributed by atoms with van der Waals surface area (Å²) in [6.45, 7) is 3.73. The van der Waals surface area contributed by atoms with Crippen molar-refractivity contribution in [3.8, 4) is 0 Å². The van der Waals surface area contributed by atoms with Crippen LogP contribution in [-0.2, 0) is 7.05 Å². The Balaban J connectivity index is 1.93. The molecular formula is C12H15N3OS2. The summed E-state index contributed by atoms with van der Waals surface area (Å²) < 4.78 is 1.86. The summed E-state index contributed by atoms with van der Waals surface area (Å²) in [6, 6.07) is 1.99. The van der Waals surface area contributed by atoms with Crippen molar-refractivity contribution in [1.82, 2.24) is 14.7 Å². The largest absolute Gasteiger partial charge is 0.336 e. The molecule has 96 valence electrons. The minimum absolute atomic E-state index is 0.177. The van der Waals surface area contributed by atoms with E-state index in [9.17, 15) is 4.79 Å². The van der Waals surface area contributed by atoms with E-state index in [1.165, 1.54) is 0 Å². The van der Waals surface area contributed by atoms with Gasteiger partial charge in [0, 0.05) is 37.0 Å². The normalized spacial score (nSPS) is 16.4. The van der Waals surface area contributed by atoms with Crippen LogP contribution in [0.4, 0.5) is 0 Å². The number of amides is 1. The first kappa shape index (κ1) is 12.0. The summed E-state index contributed by atoms with van der Waals surface area (Å²) in [6.07, 6.45) is 0. The summed E-state index contributed by atoms with van der Waals surface area (Å²) in [7, 11) is 1.93. The number of aryl methyl sites for hydroxylation is 2. The Kier molecular flexibility index (Phi) is 3.07. The van der Waals surface area contributed by atoms with Crippen molar-refractivity contribution in [1.29, 1.82) is 0 Å². The van der Waals surface area contributed by atoms with Crippen LogP contribution in [-0.4, -0.2) is 45.2 Å². The number of fused-ring (bicyclic) bond motifs is 1. The quantitative estimate of drug-likeness (QED) is 0.804. The molecule has 3 heterocycles. The van der Waals surface area contributed by atoms with Gasteiger partial charge in [-0.05, 0) is 13.0 Å². The van der Waals surface area contributed by atoms with Gasteiger partial charge in [0.2, 0.25) is 0 Å². The Morgan fingerprint density at radius 1 is 1.39 bits per heavy atom. The third kappa shape index (κ3) is 1.93. The lowest BCUT2D eigenvalue weighted by Gasteiger charge is -2.25. The SMILES string of the molecule is Cc1nn(C)c2sc(C(=O)N3CCSCC3)cc12. The monoisotopic (exact) mass is 281 g/mol. The van der Waals surface area contributed by atoms with E-state index in [0.29, 0.717) is 0 Å². The second kappa shape index (κ2) is 4.59. The Morgan fingerprint density at radius 2 is 2.11 bits per heavy atom.